The standard InChI is InChI=1S/C14H17Cl2NO4/c1-20-14(19)6-7-17-13(18)3-2-8-21-12-5-4-10(15)9-11(12)16/h4-5,9H,2-3,6-8H2,1H3,(H,17,18). The van der Waals surface area contributed by atoms with E-state index < -0.39 is 0 Å². The Hall–Kier alpha value is -1.46. The summed E-state index contributed by atoms with van der Waals surface area (Å²) >= 11 is 11.7. The topological polar surface area (TPSA) is 64.6 Å². The Morgan fingerprint density at radius 1 is 1.24 bits per heavy atom. The number of amides is 1. The van der Waals surface area contributed by atoms with Crippen LogP contribution >= 0.6 is 23.2 Å². The second-order valence-electron chi connectivity index (χ2n) is 4.20. The van der Waals surface area contributed by atoms with Crippen LogP contribution in [0.15, 0.2) is 18.2 Å². The van der Waals surface area contributed by atoms with Gasteiger partial charge in [0.2, 0.25) is 5.91 Å². The first-order valence-electron chi connectivity index (χ1n) is 6.44. The molecule has 0 unspecified atom stereocenters. The Balaban J connectivity index is 2.16. The number of halogens is 2. The Morgan fingerprint density at radius 3 is 2.67 bits per heavy atom. The summed E-state index contributed by atoms with van der Waals surface area (Å²) in [6.45, 7) is 0.640. The van der Waals surface area contributed by atoms with E-state index in [1.807, 2.05) is 0 Å². The predicted molar refractivity (Wildman–Crippen MR) is 80.8 cm³/mol. The predicted octanol–water partition coefficient (Wildman–Crippen LogP) is 2.83. The third-order valence-electron chi connectivity index (χ3n) is 2.58. The highest BCUT2D eigenvalue weighted by atomic mass is 35.5. The largest absolute Gasteiger partial charge is 0.492 e. The molecule has 0 aliphatic rings. The maximum absolute atomic E-state index is 11.5. The van der Waals surface area contributed by atoms with Gasteiger partial charge in [-0.15, -0.1) is 0 Å². The lowest BCUT2D eigenvalue weighted by Crippen LogP contribution is -2.26. The van der Waals surface area contributed by atoms with Crippen molar-refractivity contribution >= 4 is 35.1 Å². The van der Waals surface area contributed by atoms with Crippen molar-refractivity contribution in [2.75, 3.05) is 20.3 Å². The van der Waals surface area contributed by atoms with E-state index in [1.165, 1.54) is 7.11 Å². The second-order valence-corrected chi connectivity index (χ2v) is 5.05. The maximum Gasteiger partial charge on any atom is 0.307 e. The molecule has 0 atom stereocenters. The highest BCUT2D eigenvalue weighted by molar-refractivity contribution is 6.35. The summed E-state index contributed by atoms with van der Waals surface area (Å²) in [5.41, 5.74) is 0. The monoisotopic (exact) mass is 333 g/mol. The van der Waals surface area contributed by atoms with Crippen LogP contribution in [0.2, 0.25) is 10.0 Å². The molecule has 5 nitrogen and oxygen atoms in total. The molecule has 0 heterocycles. The van der Waals surface area contributed by atoms with Crippen molar-refractivity contribution in [2.24, 2.45) is 0 Å². The van der Waals surface area contributed by atoms with Crippen LogP contribution in [-0.4, -0.2) is 32.1 Å². The molecule has 0 aliphatic heterocycles. The summed E-state index contributed by atoms with van der Waals surface area (Å²) in [4.78, 5) is 22.3. The van der Waals surface area contributed by atoms with Crippen LogP contribution in [0.5, 0.6) is 5.75 Å². The van der Waals surface area contributed by atoms with Crippen molar-refractivity contribution in [2.45, 2.75) is 19.3 Å². The highest BCUT2D eigenvalue weighted by Gasteiger charge is 2.05. The summed E-state index contributed by atoms with van der Waals surface area (Å²) in [5.74, 6) is 0.0490. The normalized spacial score (nSPS) is 10.0. The molecule has 116 valence electrons. The van der Waals surface area contributed by atoms with Crippen LogP contribution in [0.3, 0.4) is 0 Å². The molecule has 0 bridgehead atoms. The van der Waals surface area contributed by atoms with Crippen molar-refractivity contribution in [1.29, 1.82) is 0 Å². The number of rotatable bonds is 8. The van der Waals surface area contributed by atoms with Gasteiger partial charge in [0.25, 0.3) is 0 Å². The SMILES string of the molecule is COC(=O)CCNC(=O)CCCOc1ccc(Cl)cc1Cl. The van der Waals surface area contributed by atoms with E-state index >= 15 is 0 Å². The molecule has 21 heavy (non-hydrogen) atoms. The first-order chi connectivity index (χ1) is 10.0. The zero-order chi connectivity index (χ0) is 15.7. The van der Waals surface area contributed by atoms with Crippen LogP contribution in [0.1, 0.15) is 19.3 Å². The molecule has 0 aromatic heterocycles. The maximum atomic E-state index is 11.5. The third-order valence-corrected chi connectivity index (χ3v) is 3.11. The summed E-state index contributed by atoms with van der Waals surface area (Å²) in [7, 11) is 1.31. The third kappa shape index (κ3) is 7.20. The molecule has 0 spiro atoms. The fourth-order valence-electron chi connectivity index (χ4n) is 1.50. The van der Waals surface area contributed by atoms with Gasteiger partial charge >= 0.3 is 5.97 Å². The van der Waals surface area contributed by atoms with Gasteiger partial charge in [-0.2, -0.15) is 0 Å². The first-order valence-corrected chi connectivity index (χ1v) is 7.20. The van der Waals surface area contributed by atoms with Gasteiger partial charge in [-0.05, 0) is 24.6 Å². The van der Waals surface area contributed by atoms with Crippen molar-refractivity contribution in [3.63, 3.8) is 0 Å². The lowest BCUT2D eigenvalue weighted by Gasteiger charge is -2.08. The van der Waals surface area contributed by atoms with Crippen molar-refractivity contribution in [1.82, 2.24) is 5.32 Å². The van der Waals surface area contributed by atoms with Crippen LogP contribution < -0.4 is 10.1 Å². The van der Waals surface area contributed by atoms with Crippen LogP contribution in [0.25, 0.3) is 0 Å². The lowest BCUT2D eigenvalue weighted by atomic mass is 10.3. The number of nitrogens with one attached hydrogen (secondary N) is 1. The summed E-state index contributed by atoms with van der Waals surface area (Å²) in [6.07, 6.45) is 1.02. The number of esters is 1. The van der Waals surface area contributed by atoms with Gasteiger partial charge in [0.15, 0.2) is 0 Å². The van der Waals surface area contributed by atoms with Crippen LogP contribution in [0.4, 0.5) is 0 Å². The summed E-state index contributed by atoms with van der Waals surface area (Å²) in [6, 6.07) is 4.96. The molecule has 1 aromatic rings. The van der Waals surface area contributed by atoms with Crippen molar-refractivity contribution < 1.29 is 19.1 Å². The molecule has 1 rings (SSSR count). The quantitative estimate of drug-likeness (QED) is 0.586. The molecule has 1 amide bonds. The molecule has 1 N–H and O–H groups in total. The van der Waals surface area contributed by atoms with Crippen molar-refractivity contribution in [3.05, 3.63) is 28.2 Å². The van der Waals surface area contributed by atoms with Gasteiger partial charge in [-0.3, -0.25) is 9.59 Å². The van der Waals surface area contributed by atoms with E-state index in [0.717, 1.165) is 0 Å². The van der Waals surface area contributed by atoms with E-state index in [2.05, 4.69) is 10.1 Å². The molecule has 0 fully saturated rings. The Labute approximate surface area is 133 Å². The van der Waals surface area contributed by atoms with Crippen molar-refractivity contribution in [3.8, 4) is 5.75 Å². The zero-order valence-electron chi connectivity index (χ0n) is 11.7. The van der Waals surface area contributed by atoms with Gasteiger partial charge in [0, 0.05) is 18.0 Å². The van der Waals surface area contributed by atoms with Gasteiger partial charge in [-0.1, -0.05) is 23.2 Å². The van der Waals surface area contributed by atoms with Crippen LogP contribution in [0, 0.1) is 0 Å². The molecule has 0 saturated carbocycles. The minimum atomic E-state index is -0.351. The molecular formula is C14H17Cl2NO4. The lowest BCUT2D eigenvalue weighted by molar-refractivity contribution is -0.140. The fourth-order valence-corrected chi connectivity index (χ4v) is 1.96. The molecule has 0 saturated heterocycles. The van der Waals surface area contributed by atoms with Gasteiger partial charge in [0.05, 0.1) is 25.2 Å². The van der Waals surface area contributed by atoms with Gasteiger partial charge in [0.1, 0.15) is 5.75 Å². The van der Waals surface area contributed by atoms with E-state index in [9.17, 15) is 9.59 Å². The molecule has 1 aromatic carbocycles. The van der Waals surface area contributed by atoms with Crippen LogP contribution in [-0.2, 0) is 14.3 Å². The van der Waals surface area contributed by atoms with E-state index in [-0.39, 0.29) is 24.8 Å². The first kappa shape index (κ1) is 17.6. The van der Waals surface area contributed by atoms with Gasteiger partial charge < -0.3 is 14.8 Å². The number of carbonyl (C=O) groups is 2. The Kier molecular flexibility index (Phi) is 7.93. The number of methoxy groups -OCH3 is 1. The zero-order valence-corrected chi connectivity index (χ0v) is 13.2. The van der Waals surface area contributed by atoms with Gasteiger partial charge in [-0.25, -0.2) is 0 Å². The number of hydrogen-bond donors (Lipinski definition) is 1. The average molecular weight is 334 g/mol. The average Bonchev–Trinajstić information content (AvgIpc) is 2.45. The number of hydrogen-bond acceptors (Lipinski definition) is 4. The number of benzene rings is 1. The Morgan fingerprint density at radius 2 is 2.00 bits per heavy atom. The molecule has 0 aliphatic carbocycles. The minimum absolute atomic E-state index is 0.135. The van der Waals surface area contributed by atoms with E-state index in [1.54, 1.807) is 18.2 Å². The molecule has 7 heteroatoms. The smallest absolute Gasteiger partial charge is 0.307 e. The minimum Gasteiger partial charge on any atom is -0.492 e. The van der Waals surface area contributed by atoms with E-state index in [0.29, 0.717) is 35.2 Å². The summed E-state index contributed by atoms with van der Waals surface area (Å²) < 4.78 is 9.92. The number of carbonyl (C=O) groups excluding carboxylic acids is 2. The highest BCUT2D eigenvalue weighted by Crippen LogP contribution is 2.27. The van der Waals surface area contributed by atoms with E-state index in [4.69, 9.17) is 27.9 Å². The Bertz CT molecular complexity index is 494. The summed E-state index contributed by atoms with van der Waals surface area (Å²) in [5, 5.41) is 3.60. The number of ether oxygens (including phenoxy) is 2. The second kappa shape index (κ2) is 9.47. The molecule has 0 radical (unpaired) electrons. The molecular weight excluding hydrogens is 317 g/mol. The fraction of sp³-hybridized carbons (Fsp3) is 0.429.